The number of aliphatic hydroxyl groups is 1. The molecule has 1 atom stereocenters. The lowest BCUT2D eigenvalue weighted by Crippen LogP contribution is -2.21. The molecule has 0 aromatic rings. The van der Waals surface area contributed by atoms with E-state index < -0.39 is 0 Å². The van der Waals surface area contributed by atoms with Crippen molar-refractivity contribution >= 4 is 11.6 Å². The Morgan fingerprint density at radius 1 is 0.590 bits per heavy atom. The van der Waals surface area contributed by atoms with Gasteiger partial charge in [0.25, 0.3) is 0 Å². The molecule has 4 aliphatic carbocycles. The number of rotatable bonds is 4. The van der Waals surface area contributed by atoms with E-state index in [4.69, 9.17) is 0 Å². The lowest BCUT2D eigenvalue weighted by molar-refractivity contribution is -0.122. The Kier molecular flexibility index (Phi) is 18.5. The van der Waals surface area contributed by atoms with Gasteiger partial charge in [-0.1, -0.05) is 93.1 Å². The van der Waals surface area contributed by atoms with Gasteiger partial charge < -0.3 is 5.11 Å². The number of hydrogen-bond donors (Lipinski definition) is 1. The van der Waals surface area contributed by atoms with Crippen molar-refractivity contribution in [2.24, 2.45) is 41.4 Å². The predicted octanol–water partition coefficient (Wildman–Crippen LogP) is 10.1. The molecule has 4 rings (SSSR count). The van der Waals surface area contributed by atoms with Crippen LogP contribution >= 0.6 is 0 Å². The number of carbonyl (C=O) groups excluding carboxylic acids is 2. The van der Waals surface area contributed by atoms with Crippen LogP contribution in [0.25, 0.3) is 0 Å². The molecule has 0 aromatic carbocycles. The summed E-state index contributed by atoms with van der Waals surface area (Å²) in [5.41, 5.74) is 1.33. The van der Waals surface area contributed by atoms with Crippen LogP contribution in [0.1, 0.15) is 158 Å². The number of ketones is 2. The van der Waals surface area contributed by atoms with Crippen LogP contribution in [0, 0.1) is 41.4 Å². The van der Waals surface area contributed by atoms with Crippen LogP contribution in [-0.4, -0.2) is 22.8 Å². The third-order valence-corrected chi connectivity index (χ3v) is 9.72. The zero-order valence-corrected chi connectivity index (χ0v) is 27.3. The topological polar surface area (TPSA) is 54.4 Å². The molecule has 0 amide bonds. The number of aliphatic hydroxyl groups excluding tert-OH is 1. The molecule has 228 valence electrons. The van der Waals surface area contributed by atoms with E-state index in [-0.39, 0.29) is 6.10 Å². The molecule has 1 N–H and O–H groups in total. The van der Waals surface area contributed by atoms with Gasteiger partial charge in [0, 0.05) is 19.3 Å². The van der Waals surface area contributed by atoms with Gasteiger partial charge >= 0.3 is 0 Å². The van der Waals surface area contributed by atoms with E-state index in [0.717, 1.165) is 75.0 Å². The molecule has 0 spiro atoms. The third kappa shape index (κ3) is 16.2. The molecule has 3 heteroatoms. The number of Topliss-reactive ketones (excluding diaryl/α,β-unsaturated/α-hetero) is 1. The highest BCUT2D eigenvalue weighted by molar-refractivity contribution is 5.91. The van der Waals surface area contributed by atoms with Crippen LogP contribution in [0.2, 0.25) is 0 Å². The minimum atomic E-state index is 0.00926. The molecule has 0 aliphatic heterocycles. The summed E-state index contributed by atoms with van der Waals surface area (Å²) < 4.78 is 0. The third-order valence-electron chi connectivity index (χ3n) is 9.72. The highest BCUT2D eigenvalue weighted by Crippen LogP contribution is 2.30. The first-order valence-electron chi connectivity index (χ1n) is 16.8. The van der Waals surface area contributed by atoms with E-state index in [9.17, 15) is 14.7 Å². The van der Waals surface area contributed by atoms with Gasteiger partial charge in [0.15, 0.2) is 5.78 Å². The monoisotopic (exact) mass is 547 g/mol. The number of hydrogen-bond acceptors (Lipinski definition) is 3. The summed E-state index contributed by atoms with van der Waals surface area (Å²) in [7, 11) is 0. The van der Waals surface area contributed by atoms with Crippen molar-refractivity contribution in [2.45, 2.75) is 164 Å². The van der Waals surface area contributed by atoms with Crippen LogP contribution in [0.5, 0.6) is 0 Å². The van der Waals surface area contributed by atoms with Crippen molar-refractivity contribution in [1.82, 2.24) is 0 Å². The average Bonchev–Trinajstić information content (AvgIpc) is 2.90. The molecule has 3 saturated carbocycles. The quantitative estimate of drug-likeness (QED) is 0.381. The van der Waals surface area contributed by atoms with E-state index in [2.05, 4.69) is 55.4 Å². The number of carbonyl (C=O) groups is 2. The Balaban J connectivity index is 0.000000260. The summed E-state index contributed by atoms with van der Waals surface area (Å²) in [5, 5.41) is 9.21. The standard InChI is InChI=1S/C9H18O.C9H16O.C9H14O.C9H18/c1-7(2)8-3-5-9(10)6-4-8;2*1-7(2)8-4-3-5-9(10)6-8;1-8(2)9-6-4-3-5-7-9/h7-10H,3-6H2,1-2H3;7-8H,3-6H2,1-2H3;6-7H,3-5H2,1-2H3;8-9H,3-7H2,1-2H3. The zero-order chi connectivity index (χ0) is 29.4. The molecule has 1 unspecified atom stereocenters. The Labute approximate surface area is 243 Å². The molecule has 39 heavy (non-hydrogen) atoms. The van der Waals surface area contributed by atoms with Crippen molar-refractivity contribution in [3.8, 4) is 0 Å². The van der Waals surface area contributed by atoms with E-state index in [0.29, 0.717) is 29.3 Å². The second-order valence-electron chi connectivity index (χ2n) is 14.3. The Morgan fingerprint density at radius 2 is 1.10 bits per heavy atom. The minimum Gasteiger partial charge on any atom is -0.393 e. The fraction of sp³-hybridized carbons (Fsp3) is 0.889. The highest BCUT2D eigenvalue weighted by atomic mass is 16.3. The van der Waals surface area contributed by atoms with E-state index in [1.165, 1.54) is 56.9 Å². The largest absolute Gasteiger partial charge is 0.393 e. The molecular formula is C36H66O3. The molecule has 0 heterocycles. The van der Waals surface area contributed by atoms with Crippen LogP contribution in [0.15, 0.2) is 11.6 Å². The van der Waals surface area contributed by atoms with E-state index in [1.54, 1.807) is 0 Å². The summed E-state index contributed by atoms with van der Waals surface area (Å²) in [4.78, 5) is 21.9. The van der Waals surface area contributed by atoms with Crippen molar-refractivity contribution in [1.29, 1.82) is 0 Å². The van der Waals surface area contributed by atoms with Crippen LogP contribution in [0.4, 0.5) is 0 Å². The van der Waals surface area contributed by atoms with E-state index >= 15 is 0 Å². The summed E-state index contributed by atoms with van der Waals surface area (Å²) in [6.45, 7) is 18.0. The van der Waals surface area contributed by atoms with Crippen LogP contribution in [-0.2, 0) is 9.59 Å². The van der Waals surface area contributed by atoms with Crippen molar-refractivity contribution in [3.05, 3.63) is 11.6 Å². The maximum atomic E-state index is 11.0. The lowest BCUT2D eigenvalue weighted by Gasteiger charge is -2.27. The van der Waals surface area contributed by atoms with Crippen molar-refractivity contribution < 1.29 is 14.7 Å². The summed E-state index contributed by atoms with van der Waals surface area (Å²) in [6, 6.07) is 0. The van der Waals surface area contributed by atoms with Gasteiger partial charge in [0.1, 0.15) is 5.78 Å². The molecule has 3 fully saturated rings. The maximum Gasteiger partial charge on any atom is 0.155 e. The second kappa shape index (κ2) is 20.0. The molecule has 0 aromatic heterocycles. The normalized spacial score (nSPS) is 26.3. The smallest absolute Gasteiger partial charge is 0.155 e. The van der Waals surface area contributed by atoms with E-state index in [1.807, 2.05) is 6.08 Å². The van der Waals surface area contributed by atoms with Crippen molar-refractivity contribution in [2.75, 3.05) is 0 Å². The van der Waals surface area contributed by atoms with Crippen LogP contribution in [0.3, 0.4) is 0 Å². The minimum absolute atomic E-state index is 0.00926. The first-order chi connectivity index (χ1) is 18.4. The first-order valence-corrected chi connectivity index (χ1v) is 16.8. The lowest BCUT2D eigenvalue weighted by atomic mass is 9.81. The Morgan fingerprint density at radius 3 is 1.49 bits per heavy atom. The fourth-order valence-electron chi connectivity index (χ4n) is 6.47. The van der Waals surface area contributed by atoms with Gasteiger partial charge in [-0.05, 0) is 98.9 Å². The second-order valence-corrected chi connectivity index (χ2v) is 14.3. The van der Waals surface area contributed by atoms with Crippen molar-refractivity contribution in [3.63, 3.8) is 0 Å². The highest BCUT2D eigenvalue weighted by Gasteiger charge is 2.22. The molecule has 0 saturated heterocycles. The van der Waals surface area contributed by atoms with Gasteiger partial charge in [0.05, 0.1) is 6.10 Å². The van der Waals surface area contributed by atoms with Gasteiger partial charge in [-0.25, -0.2) is 0 Å². The molecule has 4 aliphatic rings. The summed E-state index contributed by atoms with van der Waals surface area (Å²) >= 11 is 0. The molecule has 3 nitrogen and oxygen atoms in total. The SMILES string of the molecule is CC(C)C1=CC(=O)CCC1.CC(C)C1CCC(O)CC1.CC(C)C1CCCC(=O)C1.CC(C)C1CCCCC1. The molecular weight excluding hydrogens is 480 g/mol. The van der Waals surface area contributed by atoms with Gasteiger partial charge in [-0.2, -0.15) is 0 Å². The van der Waals surface area contributed by atoms with Crippen LogP contribution < -0.4 is 0 Å². The zero-order valence-electron chi connectivity index (χ0n) is 27.3. The average molecular weight is 547 g/mol. The maximum absolute atomic E-state index is 11.0. The summed E-state index contributed by atoms with van der Waals surface area (Å²) in [5.74, 6) is 6.41. The Hall–Kier alpha value is -0.960. The van der Waals surface area contributed by atoms with Gasteiger partial charge in [-0.15, -0.1) is 0 Å². The molecule has 0 bridgehead atoms. The Bertz CT molecular complexity index is 688. The predicted molar refractivity (Wildman–Crippen MR) is 168 cm³/mol. The number of allylic oxidation sites excluding steroid dienone is 2. The summed E-state index contributed by atoms with van der Waals surface area (Å²) in [6.07, 6.45) is 20.9. The first kappa shape index (κ1) is 36.1. The van der Waals surface area contributed by atoms with Gasteiger partial charge in [0.2, 0.25) is 0 Å². The molecule has 0 radical (unpaired) electrons. The fourth-order valence-corrected chi connectivity index (χ4v) is 6.47. The van der Waals surface area contributed by atoms with Gasteiger partial charge in [-0.3, -0.25) is 9.59 Å².